The van der Waals surface area contributed by atoms with Gasteiger partial charge >= 0.3 is 0 Å². The highest BCUT2D eigenvalue weighted by atomic mass is 19.1. The molecule has 1 aromatic heterocycles. The van der Waals surface area contributed by atoms with Crippen LogP contribution in [0.25, 0.3) is 0 Å². The van der Waals surface area contributed by atoms with Crippen LogP contribution in [-0.4, -0.2) is 14.9 Å². The van der Waals surface area contributed by atoms with Gasteiger partial charge in [-0.3, -0.25) is 4.68 Å². The molecule has 18 heavy (non-hydrogen) atoms. The number of hydrogen-bond acceptors (Lipinski definition) is 3. The number of phenols is 1. The summed E-state index contributed by atoms with van der Waals surface area (Å²) < 4.78 is 15.4. The molecule has 0 aliphatic rings. The van der Waals surface area contributed by atoms with Crippen molar-refractivity contribution < 1.29 is 9.50 Å². The third-order valence-corrected chi connectivity index (χ3v) is 2.84. The van der Waals surface area contributed by atoms with E-state index in [1.54, 1.807) is 10.7 Å². The smallest absolute Gasteiger partial charge is 0.132 e. The van der Waals surface area contributed by atoms with Crippen molar-refractivity contribution in [3.63, 3.8) is 0 Å². The third-order valence-electron chi connectivity index (χ3n) is 2.84. The molecule has 1 unspecified atom stereocenters. The fourth-order valence-corrected chi connectivity index (χ4v) is 1.92. The molecule has 1 atom stereocenters. The Balaban J connectivity index is 2.21. The van der Waals surface area contributed by atoms with Crippen molar-refractivity contribution in [3.8, 4) is 5.75 Å². The maximum Gasteiger partial charge on any atom is 0.132 e. The molecule has 0 fully saturated rings. The van der Waals surface area contributed by atoms with Crippen LogP contribution in [0.3, 0.4) is 0 Å². The van der Waals surface area contributed by atoms with Gasteiger partial charge in [-0.05, 0) is 19.9 Å². The number of aryl methyl sites for hydroxylation is 2. The summed E-state index contributed by atoms with van der Waals surface area (Å²) in [6, 6.07) is 3.97. The number of hydrogen-bond donors (Lipinski definition) is 2. The molecule has 1 heterocycles. The number of nitrogens with zero attached hydrogens (tertiary/aromatic N) is 2. The fraction of sp³-hybridized carbons (Fsp3) is 0.308. The maximum absolute atomic E-state index is 13.7. The van der Waals surface area contributed by atoms with Gasteiger partial charge in [-0.2, -0.15) is 5.10 Å². The summed E-state index contributed by atoms with van der Waals surface area (Å²) in [5, 5.41) is 16.6. The average molecular weight is 249 g/mol. The van der Waals surface area contributed by atoms with Gasteiger partial charge in [-0.1, -0.05) is 6.07 Å². The number of rotatable bonds is 3. The second kappa shape index (κ2) is 4.68. The van der Waals surface area contributed by atoms with Gasteiger partial charge in [0.15, 0.2) is 0 Å². The number of aromatic nitrogens is 2. The molecule has 0 aliphatic heterocycles. The molecule has 0 bridgehead atoms. The summed E-state index contributed by atoms with van der Waals surface area (Å²) in [4.78, 5) is 0. The van der Waals surface area contributed by atoms with E-state index in [2.05, 4.69) is 10.4 Å². The minimum atomic E-state index is -0.420. The number of benzene rings is 1. The molecule has 2 rings (SSSR count). The van der Waals surface area contributed by atoms with Crippen LogP contribution in [0.5, 0.6) is 5.75 Å². The number of anilines is 1. The largest absolute Gasteiger partial charge is 0.508 e. The summed E-state index contributed by atoms with van der Waals surface area (Å²) in [5.74, 6) is -0.488. The summed E-state index contributed by atoms with van der Waals surface area (Å²) in [7, 11) is 1.84. The summed E-state index contributed by atoms with van der Waals surface area (Å²) in [5.41, 5.74) is 2.25. The molecule has 96 valence electrons. The Morgan fingerprint density at radius 3 is 2.72 bits per heavy atom. The minimum absolute atomic E-state index is 0.0685. The molecule has 1 aromatic carbocycles. The van der Waals surface area contributed by atoms with Gasteiger partial charge < -0.3 is 10.4 Å². The Morgan fingerprint density at radius 1 is 1.44 bits per heavy atom. The first-order chi connectivity index (χ1) is 8.47. The lowest BCUT2D eigenvalue weighted by molar-refractivity contribution is 0.467. The van der Waals surface area contributed by atoms with E-state index in [0.717, 1.165) is 17.4 Å². The van der Waals surface area contributed by atoms with Crippen molar-refractivity contribution in [2.24, 2.45) is 7.05 Å². The van der Waals surface area contributed by atoms with E-state index >= 15 is 0 Å². The molecule has 2 N–H and O–H groups in total. The van der Waals surface area contributed by atoms with E-state index in [1.165, 1.54) is 6.07 Å². The van der Waals surface area contributed by atoms with Gasteiger partial charge in [0.05, 0.1) is 17.4 Å². The fourth-order valence-electron chi connectivity index (χ4n) is 1.92. The summed E-state index contributed by atoms with van der Waals surface area (Å²) >= 11 is 0. The lowest BCUT2D eigenvalue weighted by Gasteiger charge is -2.15. The highest BCUT2D eigenvalue weighted by Crippen LogP contribution is 2.25. The molecule has 0 aliphatic carbocycles. The molecule has 0 saturated heterocycles. The minimum Gasteiger partial charge on any atom is -0.508 e. The van der Waals surface area contributed by atoms with Gasteiger partial charge in [0.2, 0.25) is 0 Å². The summed E-state index contributed by atoms with van der Waals surface area (Å²) in [6.45, 7) is 3.75. The number of phenolic OH excluding ortho intramolecular Hbond substituents is 1. The molecule has 0 spiro atoms. The quantitative estimate of drug-likeness (QED) is 0.879. The normalized spacial score (nSPS) is 12.4. The molecular formula is C13H16FN3O. The van der Waals surface area contributed by atoms with E-state index in [9.17, 15) is 9.50 Å². The topological polar surface area (TPSA) is 50.1 Å². The van der Waals surface area contributed by atoms with Crippen molar-refractivity contribution in [1.29, 1.82) is 0 Å². The van der Waals surface area contributed by atoms with Gasteiger partial charge in [-0.15, -0.1) is 0 Å². The van der Waals surface area contributed by atoms with Gasteiger partial charge in [0.1, 0.15) is 11.6 Å². The van der Waals surface area contributed by atoms with Gasteiger partial charge in [0, 0.05) is 24.9 Å². The van der Waals surface area contributed by atoms with Gasteiger partial charge in [-0.25, -0.2) is 4.39 Å². The highest BCUT2D eigenvalue weighted by molar-refractivity contribution is 5.48. The Bertz CT molecular complexity index is 565. The Kier molecular flexibility index (Phi) is 3.23. The average Bonchev–Trinajstić information content (AvgIpc) is 2.57. The molecule has 0 amide bonds. The van der Waals surface area contributed by atoms with Gasteiger partial charge in [0.25, 0.3) is 0 Å². The maximum atomic E-state index is 13.7. The van der Waals surface area contributed by atoms with Crippen molar-refractivity contribution in [2.45, 2.75) is 19.9 Å². The van der Waals surface area contributed by atoms with E-state index in [0.29, 0.717) is 5.56 Å². The first-order valence-electron chi connectivity index (χ1n) is 5.72. The lowest BCUT2D eigenvalue weighted by atomic mass is 10.1. The van der Waals surface area contributed by atoms with Crippen molar-refractivity contribution in [1.82, 2.24) is 9.78 Å². The second-order valence-corrected chi connectivity index (χ2v) is 4.37. The van der Waals surface area contributed by atoms with Crippen molar-refractivity contribution >= 4 is 5.69 Å². The Morgan fingerprint density at radius 2 is 2.17 bits per heavy atom. The SMILES string of the molecule is Cc1nn(C)cc1NC(C)c1ccc(O)cc1F. The van der Waals surface area contributed by atoms with Crippen LogP contribution in [0, 0.1) is 12.7 Å². The predicted octanol–water partition coefficient (Wildman–Crippen LogP) is 2.75. The predicted molar refractivity (Wildman–Crippen MR) is 68.0 cm³/mol. The Labute approximate surface area is 105 Å². The van der Waals surface area contributed by atoms with Crippen LogP contribution in [0.1, 0.15) is 24.2 Å². The monoisotopic (exact) mass is 249 g/mol. The molecular weight excluding hydrogens is 233 g/mol. The number of nitrogens with one attached hydrogen (secondary N) is 1. The van der Waals surface area contributed by atoms with Crippen LogP contribution < -0.4 is 5.32 Å². The standard InChI is InChI=1S/C13H16FN3O/c1-8(11-5-4-10(18)6-12(11)14)15-13-7-17(3)16-9(13)2/h4-8,15,18H,1-3H3. The lowest BCUT2D eigenvalue weighted by Crippen LogP contribution is -2.08. The highest BCUT2D eigenvalue weighted by Gasteiger charge is 2.13. The van der Waals surface area contributed by atoms with Crippen molar-refractivity contribution in [2.75, 3.05) is 5.32 Å². The zero-order valence-electron chi connectivity index (χ0n) is 10.6. The molecule has 5 heteroatoms. The van der Waals surface area contributed by atoms with Crippen LogP contribution in [0.4, 0.5) is 10.1 Å². The van der Waals surface area contributed by atoms with E-state index in [-0.39, 0.29) is 11.8 Å². The van der Waals surface area contributed by atoms with Crippen molar-refractivity contribution in [3.05, 3.63) is 41.5 Å². The molecule has 0 saturated carbocycles. The third kappa shape index (κ3) is 2.45. The Hall–Kier alpha value is -2.04. The zero-order valence-corrected chi connectivity index (χ0v) is 10.6. The van der Waals surface area contributed by atoms with E-state index in [4.69, 9.17) is 0 Å². The first-order valence-corrected chi connectivity index (χ1v) is 5.72. The number of aromatic hydroxyl groups is 1. The molecule has 2 aromatic rings. The van der Waals surface area contributed by atoms with Crippen LogP contribution in [0.2, 0.25) is 0 Å². The molecule has 4 nitrogen and oxygen atoms in total. The number of halogens is 1. The van der Waals surface area contributed by atoms with Crippen LogP contribution >= 0.6 is 0 Å². The van der Waals surface area contributed by atoms with Crippen LogP contribution in [0.15, 0.2) is 24.4 Å². The molecule has 0 radical (unpaired) electrons. The zero-order chi connectivity index (χ0) is 13.3. The van der Waals surface area contributed by atoms with Crippen LogP contribution in [-0.2, 0) is 7.05 Å². The first kappa shape index (κ1) is 12.4. The van der Waals surface area contributed by atoms with E-state index < -0.39 is 5.82 Å². The van der Waals surface area contributed by atoms with E-state index in [1.807, 2.05) is 27.1 Å². The summed E-state index contributed by atoms with van der Waals surface area (Å²) in [6.07, 6.45) is 1.85. The second-order valence-electron chi connectivity index (χ2n) is 4.37.